The van der Waals surface area contributed by atoms with Gasteiger partial charge in [0.05, 0.1) is 22.2 Å². The third-order valence-corrected chi connectivity index (χ3v) is 5.12. The van der Waals surface area contributed by atoms with Gasteiger partial charge in [0.2, 0.25) is 5.16 Å². The van der Waals surface area contributed by atoms with Crippen LogP contribution in [0, 0.1) is 0 Å². The number of ether oxygens (including phenoxy) is 1. The molecule has 1 atom stereocenters. The Morgan fingerprint density at radius 3 is 2.08 bits per heavy atom. The van der Waals surface area contributed by atoms with Crippen molar-refractivity contribution in [1.29, 1.82) is 0 Å². The summed E-state index contributed by atoms with van der Waals surface area (Å²) in [6, 6.07) is 14.6. The molecular weight excluding hydrogens is 510 g/mol. The van der Waals surface area contributed by atoms with Crippen LogP contribution in [0.1, 0.15) is 11.3 Å². The molecule has 13 heteroatoms. The van der Waals surface area contributed by atoms with Crippen LogP contribution in [-0.2, 0) is 23.5 Å². The summed E-state index contributed by atoms with van der Waals surface area (Å²) in [5.74, 6) is -0.389. The minimum absolute atomic E-state index is 0.0791. The zero-order valence-electron chi connectivity index (χ0n) is 18.5. The highest BCUT2D eigenvalue weighted by atomic mass is 32.2. The van der Waals surface area contributed by atoms with Gasteiger partial charge in [-0.25, -0.2) is 9.97 Å². The molecule has 0 saturated heterocycles. The molecule has 3 aromatic heterocycles. The van der Waals surface area contributed by atoms with E-state index in [1.807, 2.05) is 18.2 Å². The lowest BCUT2D eigenvalue weighted by Crippen LogP contribution is -2.17. The molecule has 0 bridgehead atoms. The van der Waals surface area contributed by atoms with Crippen molar-refractivity contribution in [3.63, 3.8) is 0 Å². The normalized spacial score (nSPS) is 12.4. The Morgan fingerprint density at radius 2 is 1.58 bits per heavy atom. The first kappa shape index (κ1) is 26.9. The first-order chi connectivity index (χ1) is 16.9. The summed E-state index contributed by atoms with van der Waals surface area (Å²) in [6.07, 6.45) is -3.32. The summed E-state index contributed by atoms with van der Waals surface area (Å²) in [4.78, 5) is 11.1. The van der Waals surface area contributed by atoms with Crippen molar-refractivity contribution < 1.29 is 35.3 Å². The number of alkyl halides is 6. The van der Waals surface area contributed by atoms with Gasteiger partial charge in [0.15, 0.2) is 0 Å². The Kier molecular flexibility index (Phi) is 8.45. The van der Waals surface area contributed by atoms with Gasteiger partial charge in [-0.1, -0.05) is 18.2 Å². The minimum Gasteiger partial charge on any atom is -0.406 e. The average Bonchev–Trinajstić information content (AvgIpc) is 3.28. The molecule has 4 rings (SSSR count). The van der Waals surface area contributed by atoms with Crippen LogP contribution in [0.3, 0.4) is 0 Å². The molecule has 3 heterocycles. The molecule has 0 aliphatic rings. The zero-order valence-corrected chi connectivity index (χ0v) is 19.3. The molecule has 0 spiro atoms. The first-order valence-electron chi connectivity index (χ1n) is 10.1. The molecule has 1 aromatic carbocycles. The zero-order chi connectivity index (χ0) is 26.3. The Hall–Kier alpha value is -3.74. The standard InChI is InChI=1S/C18H13F6N3O2S.C5H5N/c1-30(28)16-25-13(9-15(26-16)17(19,20)21)14-3-2-8-27(14)10-11-4-6-12(7-5-11)29-18(22,23)24;1-2-4-6-5-3-1/h2-9H,10H2,1H3;1-5H. The van der Waals surface area contributed by atoms with Crippen molar-refractivity contribution in [3.8, 4) is 17.1 Å². The number of hydrogen-bond donors (Lipinski definition) is 0. The lowest BCUT2D eigenvalue weighted by molar-refractivity contribution is -0.274. The van der Waals surface area contributed by atoms with Crippen LogP contribution in [0.25, 0.3) is 11.4 Å². The predicted octanol–water partition coefficient (Wildman–Crippen LogP) is 5.73. The summed E-state index contributed by atoms with van der Waals surface area (Å²) in [6.45, 7) is 0.143. The molecule has 0 aliphatic heterocycles. The molecule has 0 fully saturated rings. The summed E-state index contributed by atoms with van der Waals surface area (Å²) in [5, 5.41) is -0.457. The molecule has 36 heavy (non-hydrogen) atoms. The van der Waals surface area contributed by atoms with E-state index < -0.39 is 34.2 Å². The quantitative estimate of drug-likeness (QED) is 0.245. The number of benzene rings is 1. The second-order valence-electron chi connectivity index (χ2n) is 7.11. The fourth-order valence-electron chi connectivity index (χ4n) is 2.92. The highest BCUT2D eigenvalue weighted by Crippen LogP contribution is 2.31. The highest BCUT2D eigenvalue weighted by molar-refractivity contribution is 7.84. The molecule has 190 valence electrons. The van der Waals surface area contributed by atoms with Crippen LogP contribution in [-0.4, -0.2) is 36.3 Å². The van der Waals surface area contributed by atoms with Gasteiger partial charge in [0.25, 0.3) is 0 Å². The monoisotopic (exact) mass is 528 g/mol. The lowest BCUT2D eigenvalue weighted by atomic mass is 10.2. The molecule has 0 N–H and O–H groups in total. The number of pyridine rings is 1. The van der Waals surface area contributed by atoms with E-state index >= 15 is 0 Å². The van der Waals surface area contributed by atoms with E-state index in [0.717, 1.165) is 18.2 Å². The van der Waals surface area contributed by atoms with Gasteiger partial charge in [-0.15, -0.1) is 13.2 Å². The van der Waals surface area contributed by atoms with Gasteiger partial charge in [0.1, 0.15) is 11.4 Å². The summed E-state index contributed by atoms with van der Waals surface area (Å²) >= 11 is 0. The maximum Gasteiger partial charge on any atom is 0.573 e. The molecule has 0 radical (unpaired) electrons. The van der Waals surface area contributed by atoms with Crippen molar-refractivity contribution in [3.05, 3.63) is 90.5 Å². The molecule has 0 amide bonds. The van der Waals surface area contributed by atoms with E-state index in [0.29, 0.717) is 11.3 Å². The van der Waals surface area contributed by atoms with Crippen molar-refractivity contribution in [2.24, 2.45) is 0 Å². The smallest absolute Gasteiger partial charge is 0.406 e. The Balaban J connectivity index is 0.000000526. The highest BCUT2D eigenvalue weighted by Gasteiger charge is 2.34. The molecule has 0 aliphatic carbocycles. The Morgan fingerprint density at radius 1 is 0.917 bits per heavy atom. The topological polar surface area (TPSA) is 69.9 Å². The lowest BCUT2D eigenvalue weighted by Gasteiger charge is -2.13. The maximum absolute atomic E-state index is 13.2. The molecule has 4 aromatic rings. The number of halogens is 6. The fraction of sp³-hybridized carbons (Fsp3) is 0.174. The van der Waals surface area contributed by atoms with Gasteiger partial charge in [-0.3, -0.25) is 9.19 Å². The van der Waals surface area contributed by atoms with Crippen molar-refractivity contribution in [1.82, 2.24) is 19.5 Å². The van der Waals surface area contributed by atoms with Crippen molar-refractivity contribution >= 4 is 10.8 Å². The van der Waals surface area contributed by atoms with Crippen molar-refractivity contribution in [2.45, 2.75) is 24.2 Å². The Labute approximate surface area is 204 Å². The minimum atomic E-state index is -4.81. The number of nitrogens with zero attached hydrogens (tertiary/aromatic N) is 4. The third kappa shape index (κ3) is 7.90. The van der Waals surface area contributed by atoms with Gasteiger partial charge >= 0.3 is 12.5 Å². The van der Waals surface area contributed by atoms with E-state index in [9.17, 15) is 30.6 Å². The van der Waals surface area contributed by atoms with Crippen LogP contribution in [0.2, 0.25) is 0 Å². The van der Waals surface area contributed by atoms with E-state index in [-0.39, 0.29) is 18.0 Å². The van der Waals surface area contributed by atoms with Crippen LogP contribution < -0.4 is 4.74 Å². The van der Waals surface area contributed by atoms with E-state index in [4.69, 9.17) is 0 Å². The second kappa shape index (κ2) is 11.3. The molecule has 0 saturated carbocycles. The predicted molar refractivity (Wildman–Crippen MR) is 119 cm³/mol. The van der Waals surface area contributed by atoms with E-state index in [1.54, 1.807) is 29.2 Å². The second-order valence-corrected chi connectivity index (χ2v) is 8.38. The SMILES string of the molecule is CS(=O)c1nc(-c2cccn2Cc2ccc(OC(F)(F)F)cc2)cc(C(F)(F)F)n1.c1ccncc1. The van der Waals surface area contributed by atoms with Crippen LogP contribution in [0.5, 0.6) is 5.75 Å². The van der Waals surface area contributed by atoms with Crippen LogP contribution >= 0.6 is 0 Å². The average molecular weight is 528 g/mol. The van der Waals surface area contributed by atoms with Gasteiger partial charge < -0.3 is 9.30 Å². The van der Waals surface area contributed by atoms with Crippen LogP contribution in [0.15, 0.2) is 84.4 Å². The number of rotatable bonds is 5. The van der Waals surface area contributed by atoms with Crippen LogP contribution in [0.4, 0.5) is 26.3 Å². The summed E-state index contributed by atoms with van der Waals surface area (Å²) in [5.41, 5.74) is -0.430. The third-order valence-electron chi connectivity index (χ3n) is 4.42. The first-order valence-corrected chi connectivity index (χ1v) is 11.6. The van der Waals surface area contributed by atoms with E-state index in [1.165, 1.54) is 24.5 Å². The van der Waals surface area contributed by atoms with Gasteiger partial charge in [0, 0.05) is 31.4 Å². The largest absolute Gasteiger partial charge is 0.573 e. The van der Waals surface area contributed by atoms with Gasteiger partial charge in [-0.2, -0.15) is 13.2 Å². The van der Waals surface area contributed by atoms with Crippen molar-refractivity contribution in [2.75, 3.05) is 6.26 Å². The molecule has 1 unspecified atom stereocenters. The van der Waals surface area contributed by atoms with Gasteiger partial charge in [-0.05, 0) is 48.0 Å². The summed E-state index contributed by atoms with van der Waals surface area (Å²) in [7, 11) is -1.84. The molecular formula is C23H18F6N4O2S. The maximum atomic E-state index is 13.2. The number of hydrogen-bond acceptors (Lipinski definition) is 5. The number of aromatic nitrogens is 4. The van der Waals surface area contributed by atoms with E-state index in [2.05, 4.69) is 19.7 Å². The molecule has 6 nitrogen and oxygen atoms in total. The fourth-order valence-corrected chi connectivity index (χ4v) is 3.37. The summed E-state index contributed by atoms with van der Waals surface area (Å²) < 4.78 is 93.3. The Bertz CT molecular complexity index is 1270.